The SMILES string of the molecule is Cc1onc(NC(=O)NCC2CC(N(C)C)C2)c1C. The van der Waals surface area contributed by atoms with Crippen LogP contribution in [0, 0.1) is 19.8 Å². The number of rotatable bonds is 4. The van der Waals surface area contributed by atoms with E-state index in [0.29, 0.717) is 24.3 Å². The first-order chi connectivity index (χ1) is 8.97. The topological polar surface area (TPSA) is 70.4 Å². The molecule has 106 valence electrons. The van der Waals surface area contributed by atoms with Gasteiger partial charge in [0.15, 0.2) is 5.82 Å². The Morgan fingerprint density at radius 3 is 2.63 bits per heavy atom. The van der Waals surface area contributed by atoms with Gasteiger partial charge in [0.1, 0.15) is 5.76 Å². The fourth-order valence-electron chi connectivity index (χ4n) is 2.21. The molecule has 6 heteroatoms. The summed E-state index contributed by atoms with van der Waals surface area (Å²) in [4.78, 5) is 14.0. The zero-order valence-electron chi connectivity index (χ0n) is 12.0. The van der Waals surface area contributed by atoms with Crippen molar-refractivity contribution < 1.29 is 9.32 Å². The maximum Gasteiger partial charge on any atom is 0.320 e. The number of urea groups is 1. The van der Waals surface area contributed by atoms with Crippen LogP contribution < -0.4 is 10.6 Å². The Labute approximate surface area is 113 Å². The number of aryl methyl sites for hydroxylation is 1. The third-order valence-corrected chi connectivity index (χ3v) is 3.88. The molecule has 2 N–H and O–H groups in total. The molecule has 2 rings (SSSR count). The van der Waals surface area contributed by atoms with E-state index in [1.807, 2.05) is 13.8 Å². The summed E-state index contributed by atoms with van der Waals surface area (Å²) in [5.41, 5.74) is 0.867. The molecule has 1 aliphatic rings. The average Bonchev–Trinajstić information content (AvgIpc) is 2.58. The van der Waals surface area contributed by atoms with Crippen molar-refractivity contribution in [1.82, 2.24) is 15.4 Å². The summed E-state index contributed by atoms with van der Waals surface area (Å²) in [6, 6.07) is 0.444. The van der Waals surface area contributed by atoms with Crippen LogP contribution in [0.1, 0.15) is 24.2 Å². The van der Waals surface area contributed by atoms with Crippen LogP contribution in [0.3, 0.4) is 0 Å². The van der Waals surface area contributed by atoms with Crippen molar-refractivity contribution in [3.05, 3.63) is 11.3 Å². The lowest BCUT2D eigenvalue weighted by Gasteiger charge is -2.39. The Balaban J connectivity index is 1.70. The summed E-state index contributed by atoms with van der Waals surface area (Å²) in [6.07, 6.45) is 2.30. The number of carbonyl (C=O) groups excluding carboxylic acids is 1. The molecule has 1 aromatic rings. The monoisotopic (exact) mass is 266 g/mol. The fourth-order valence-corrected chi connectivity index (χ4v) is 2.21. The van der Waals surface area contributed by atoms with Crippen molar-refractivity contribution >= 4 is 11.8 Å². The summed E-state index contributed by atoms with van der Waals surface area (Å²) in [5.74, 6) is 1.80. The maximum absolute atomic E-state index is 11.7. The molecular formula is C13H22N4O2. The van der Waals surface area contributed by atoms with Crippen molar-refractivity contribution in [2.45, 2.75) is 32.7 Å². The van der Waals surface area contributed by atoms with Gasteiger partial charge in [0.05, 0.1) is 0 Å². The highest BCUT2D eigenvalue weighted by Crippen LogP contribution is 2.29. The highest BCUT2D eigenvalue weighted by Gasteiger charge is 2.30. The molecule has 0 radical (unpaired) electrons. The van der Waals surface area contributed by atoms with E-state index >= 15 is 0 Å². The van der Waals surface area contributed by atoms with Gasteiger partial charge in [0, 0.05) is 18.2 Å². The minimum Gasteiger partial charge on any atom is -0.359 e. The van der Waals surface area contributed by atoms with E-state index in [-0.39, 0.29) is 6.03 Å². The van der Waals surface area contributed by atoms with Gasteiger partial charge < -0.3 is 14.7 Å². The van der Waals surface area contributed by atoms with Crippen molar-refractivity contribution in [3.8, 4) is 0 Å². The first-order valence-corrected chi connectivity index (χ1v) is 6.61. The van der Waals surface area contributed by atoms with Crippen molar-refractivity contribution in [3.63, 3.8) is 0 Å². The number of hydrogen-bond donors (Lipinski definition) is 2. The van der Waals surface area contributed by atoms with Crippen LogP contribution in [-0.2, 0) is 0 Å². The summed E-state index contributed by atoms with van der Waals surface area (Å²) in [6.45, 7) is 4.41. The molecule has 0 spiro atoms. The van der Waals surface area contributed by atoms with Crippen LogP contribution in [0.2, 0.25) is 0 Å². The van der Waals surface area contributed by atoms with Crippen LogP contribution in [0.15, 0.2) is 4.52 Å². The van der Waals surface area contributed by atoms with Crippen molar-refractivity contribution in [2.24, 2.45) is 5.92 Å². The zero-order valence-corrected chi connectivity index (χ0v) is 12.0. The Bertz CT molecular complexity index is 449. The van der Waals surface area contributed by atoms with Gasteiger partial charge in [-0.2, -0.15) is 0 Å². The van der Waals surface area contributed by atoms with Crippen LogP contribution in [0.5, 0.6) is 0 Å². The summed E-state index contributed by atoms with van der Waals surface area (Å²) in [5, 5.41) is 9.38. The van der Waals surface area contributed by atoms with Crippen molar-refractivity contribution in [2.75, 3.05) is 26.0 Å². The molecule has 1 fully saturated rings. The number of amides is 2. The average molecular weight is 266 g/mol. The summed E-state index contributed by atoms with van der Waals surface area (Å²) >= 11 is 0. The molecule has 0 aromatic carbocycles. The largest absolute Gasteiger partial charge is 0.359 e. The molecule has 1 saturated carbocycles. The lowest BCUT2D eigenvalue weighted by atomic mass is 9.79. The molecule has 0 atom stereocenters. The number of anilines is 1. The summed E-state index contributed by atoms with van der Waals surface area (Å²) in [7, 11) is 4.19. The van der Waals surface area contributed by atoms with Gasteiger partial charge in [-0.3, -0.25) is 5.32 Å². The van der Waals surface area contributed by atoms with Crippen molar-refractivity contribution in [1.29, 1.82) is 0 Å². The lowest BCUT2D eigenvalue weighted by molar-refractivity contribution is 0.124. The second-order valence-electron chi connectivity index (χ2n) is 5.50. The minimum atomic E-state index is -0.218. The molecule has 2 amide bonds. The fraction of sp³-hybridized carbons (Fsp3) is 0.692. The van der Waals surface area contributed by atoms with E-state index in [4.69, 9.17) is 4.52 Å². The maximum atomic E-state index is 11.7. The van der Waals surface area contributed by atoms with Gasteiger partial charge in [0.25, 0.3) is 0 Å². The quantitative estimate of drug-likeness (QED) is 0.871. The molecule has 1 aromatic heterocycles. The van der Waals surface area contributed by atoms with Crippen LogP contribution in [-0.4, -0.2) is 42.8 Å². The number of nitrogens with zero attached hydrogens (tertiary/aromatic N) is 2. The van der Waals surface area contributed by atoms with Gasteiger partial charge in [-0.05, 0) is 46.7 Å². The highest BCUT2D eigenvalue weighted by molar-refractivity contribution is 5.88. The van der Waals surface area contributed by atoms with Gasteiger partial charge in [-0.1, -0.05) is 5.16 Å². The standard InChI is InChI=1S/C13H22N4O2/c1-8-9(2)19-16-12(8)15-13(18)14-7-10-5-11(6-10)17(3)4/h10-11H,5-7H2,1-4H3,(H2,14,15,16,18). The second-order valence-corrected chi connectivity index (χ2v) is 5.50. The number of hydrogen-bond acceptors (Lipinski definition) is 4. The molecule has 6 nitrogen and oxygen atoms in total. The first kappa shape index (κ1) is 13.9. The third kappa shape index (κ3) is 3.26. The summed E-state index contributed by atoms with van der Waals surface area (Å²) < 4.78 is 5.00. The van der Waals surface area contributed by atoms with E-state index in [1.165, 1.54) is 0 Å². The smallest absolute Gasteiger partial charge is 0.320 e. The van der Waals surface area contributed by atoms with Gasteiger partial charge in [-0.15, -0.1) is 0 Å². The van der Waals surface area contributed by atoms with E-state index < -0.39 is 0 Å². The van der Waals surface area contributed by atoms with Gasteiger partial charge in [-0.25, -0.2) is 4.79 Å². The van der Waals surface area contributed by atoms with Crippen LogP contribution >= 0.6 is 0 Å². The predicted molar refractivity (Wildman–Crippen MR) is 73.2 cm³/mol. The lowest BCUT2D eigenvalue weighted by Crippen LogP contribution is -2.45. The molecular weight excluding hydrogens is 244 g/mol. The molecule has 0 aliphatic heterocycles. The Hall–Kier alpha value is -1.56. The number of aromatic nitrogens is 1. The predicted octanol–water partition coefficient (Wildman–Crippen LogP) is 1.75. The first-order valence-electron chi connectivity index (χ1n) is 6.61. The Kier molecular flexibility index (Phi) is 4.09. The minimum absolute atomic E-state index is 0.218. The number of carbonyl (C=O) groups is 1. The number of nitrogens with one attached hydrogen (secondary N) is 2. The Morgan fingerprint density at radius 2 is 2.11 bits per heavy atom. The molecule has 19 heavy (non-hydrogen) atoms. The van der Waals surface area contributed by atoms with Crippen LogP contribution in [0.25, 0.3) is 0 Å². The molecule has 0 bridgehead atoms. The van der Waals surface area contributed by atoms with Crippen LogP contribution in [0.4, 0.5) is 10.6 Å². The molecule has 0 saturated heterocycles. The molecule has 1 aliphatic carbocycles. The molecule has 1 heterocycles. The van der Waals surface area contributed by atoms with E-state index in [1.54, 1.807) is 0 Å². The Morgan fingerprint density at radius 1 is 1.42 bits per heavy atom. The normalized spacial score (nSPS) is 22.2. The van der Waals surface area contributed by atoms with E-state index in [0.717, 1.165) is 24.2 Å². The molecule has 0 unspecified atom stereocenters. The van der Waals surface area contributed by atoms with E-state index in [2.05, 4.69) is 34.8 Å². The zero-order chi connectivity index (χ0) is 14.0. The third-order valence-electron chi connectivity index (χ3n) is 3.88. The second kappa shape index (κ2) is 5.61. The highest BCUT2D eigenvalue weighted by atomic mass is 16.5. The van der Waals surface area contributed by atoms with Gasteiger partial charge in [0.2, 0.25) is 0 Å². The van der Waals surface area contributed by atoms with E-state index in [9.17, 15) is 4.79 Å². The van der Waals surface area contributed by atoms with Gasteiger partial charge >= 0.3 is 6.03 Å².